The fourth-order valence-corrected chi connectivity index (χ4v) is 5.11. The third kappa shape index (κ3) is 14.1. The lowest BCUT2D eigenvalue weighted by molar-refractivity contribution is -0.406. The second-order valence-electron chi connectivity index (χ2n) is 11.3. The molecular formula is C33H57N7O3+4. The van der Waals surface area contributed by atoms with Crippen molar-refractivity contribution >= 4 is 17.7 Å². The van der Waals surface area contributed by atoms with Gasteiger partial charge in [0.1, 0.15) is 0 Å². The summed E-state index contributed by atoms with van der Waals surface area (Å²) in [5.41, 5.74) is 17.9. The minimum atomic E-state index is -0.277. The van der Waals surface area contributed by atoms with Crippen molar-refractivity contribution in [3.63, 3.8) is 0 Å². The van der Waals surface area contributed by atoms with Gasteiger partial charge < -0.3 is 38.5 Å². The van der Waals surface area contributed by atoms with Crippen LogP contribution in [0.4, 0.5) is 0 Å². The van der Waals surface area contributed by atoms with E-state index in [-0.39, 0.29) is 35.7 Å². The zero-order valence-corrected chi connectivity index (χ0v) is 26.1. The first-order valence-electron chi connectivity index (χ1n) is 16.0. The second kappa shape index (κ2) is 21.4. The summed E-state index contributed by atoms with van der Waals surface area (Å²) < 4.78 is 0. The Hall–Kier alpha value is -3.31. The highest BCUT2D eigenvalue weighted by Crippen LogP contribution is 2.28. The van der Waals surface area contributed by atoms with Gasteiger partial charge in [0, 0.05) is 51.4 Å². The van der Waals surface area contributed by atoms with Crippen LogP contribution in [0, 0.1) is 0 Å². The first-order chi connectivity index (χ1) is 20.9. The highest BCUT2D eigenvalue weighted by molar-refractivity contribution is 5.80. The van der Waals surface area contributed by atoms with Gasteiger partial charge in [-0.15, -0.1) is 0 Å². The molecule has 10 heteroatoms. The second-order valence-corrected chi connectivity index (χ2v) is 11.3. The lowest BCUT2D eigenvalue weighted by Gasteiger charge is -2.26. The number of rotatable bonds is 22. The monoisotopic (exact) mass is 599 g/mol. The molecule has 0 radical (unpaired) electrons. The predicted octanol–water partition coefficient (Wildman–Crippen LogP) is -0.905. The maximum atomic E-state index is 13.8. The summed E-state index contributed by atoms with van der Waals surface area (Å²) >= 11 is 0. The van der Waals surface area contributed by atoms with Crippen LogP contribution in [0.1, 0.15) is 74.8 Å². The van der Waals surface area contributed by atoms with Crippen molar-refractivity contribution in [2.45, 2.75) is 75.8 Å². The molecule has 0 spiro atoms. The summed E-state index contributed by atoms with van der Waals surface area (Å²) in [5.74, 6) is -0.0966. The molecule has 14 N–H and O–H groups in total. The lowest BCUT2D eigenvalue weighted by atomic mass is 9.88. The Balaban J connectivity index is 2.00. The van der Waals surface area contributed by atoms with E-state index in [9.17, 15) is 14.4 Å². The number of nitrogens with zero attached hydrogens (tertiary/aromatic N) is 1. The van der Waals surface area contributed by atoms with Gasteiger partial charge >= 0.3 is 0 Å². The molecule has 2 aromatic carbocycles. The molecule has 0 aliphatic heterocycles. The van der Waals surface area contributed by atoms with Gasteiger partial charge in [-0.1, -0.05) is 60.7 Å². The Morgan fingerprint density at radius 2 is 1.05 bits per heavy atom. The Morgan fingerprint density at radius 1 is 0.628 bits per heavy atom. The number of carbonyl (C=O) groups is 3. The molecule has 10 nitrogen and oxygen atoms in total. The van der Waals surface area contributed by atoms with Gasteiger partial charge in [-0.05, 0) is 49.7 Å². The lowest BCUT2D eigenvalue weighted by Crippen LogP contribution is -2.67. The molecule has 3 amide bonds. The van der Waals surface area contributed by atoms with Crippen molar-refractivity contribution in [1.29, 1.82) is 0 Å². The van der Waals surface area contributed by atoms with Crippen LogP contribution < -0.4 is 33.6 Å². The minimum absolute atomic E-state index is 0.0456. The van der Waals surface area contributed by atoms with E-state index in [1.54, 1.807) is 0 Å². The third-order valence-corrected chi connectivity index (χ3v) is 7.79. The van der Waals surface area contributed by atoms with Crippen molar-refractivity contribution in [3.05, 3.63) is 71.8 Å². The molecule has 0 aliphatic carbocycles. The van der Waals surface area contributed by atoms with E-state index in [4.69, 9.17) is 0 Å². The molecule has 0 heterocycles. The van der Waals surface area contributed by atoms with Gasteiger partial charge in [0.25, 0.3) is 11.8 Å². The van der Waals surface area contributed by atoms with Crippen LogP contribution >= 0.6 is 0 Å². The van der Waals surface area contributed by atoms with Crippen LogP contribution in [0.15, 0.2) is 60.7 Å². The number of unbranched alkanes of at least 4 members (excludes halogenated alkanes) is 2. The average Bonchev–Trinajstić information content (AvgIpc) is 3.03. The first kappa shape index (κ1) is 35.9. The fourth-order valence-electron chi connectivity index (χ4n) is 5.11. The van der Waals surface area contributed by atoms with Gasteiger partial charge in [0.15, 0.2) is 12.1 Å². The topological polar surface area (TPSA) is 189 Å². The standard InChI is InChI=1S/C33H53N7O3/c34-19-9-7-17-29(36)32(42)38-21-11-23-40(24-12-22-39-33(43)30(37)18-8-10-20-35)31(41)25-28(26-13-3-1-4-14-26)27-15-5-2-6-16-27/h1-6,13-16,28-30H,7-12,17-25,34-37H2,(H,38,42)(H,39,43)/p+4/t29-,30-/m0/s1. The average molecular weight is 600 g/mol. The van der Waals surface area contributed by atoms with E-state index in [0.29, 0.717) is 45.4 Å². The predicted molar refractivity (Wildman–Crippen MR) is 168 cm³/mol. The van der Waals surface area contributed by atoms with E-state index in [1.807, 2.05) is 41.3 Å². The number of nitrogens with one attached hydrogen (secondary N) is 2. The quantitative estimate of drug-likeness (QED) is 0.0958. The van der Waals surface area contributed by atoms with Crippen molar-refractivity contribution < 1.29 is 37.3 Å². The zero-order valence-electron chi connectivity index (χ0n) is 26.1. The Bertz CT molecular complexity index is 979. The Morgan fingerprint density at radius 3 is 1.44 bits per heavy atom. The van der Waals surface area contributed by atoms with Crippen molar-refractivity contribution in [1.82, 2.24) is 15.5 Å². The number of hydrogen-bond donors (Lipinski definition) is 6. The van der Waals surface area contributed by atoms with Gasteiger partial charge in [0.2, 0.25) is 5.91 Å². The molecule has 0 aromatic heterocycles. The first-order valence-corrected chi connectivity index (χ1v) is 16.0. The number of hydrogen-bond acceptors (Lipinski definition) is 3. The van der Waals surface area contributed by atoms with Gasteiger partial charge in [0.05, 0.1) is 13.1 Å². The number of benzene rings is 2. The van der Waals surface area contributed by atoms with Crippen molar-refractivity contribution in [3.8, 4) is 0 Å². The molecule has 0 fully saturated rings. The number of carbonyl (C=O) groups excluding carboxylic acids is 3. The largest absolute Gasteiger partial charge is 0.358 e. The molecule has 2 aromatic rings. The normalized spacial score (nSPS) is 12.5. The van der Waals surface area contributed by atoms with Gasteiger partial charge in [-0.25, -0.2) is 0 Å². The smallest absolute Gasteiger partial charge is 0.278 e. The molecule has 2 rings (SSSR count). The van der Waals surface area contributed by atoms with E-state index < -0.39 is 0 Å². The van der Waals surface area contributed by atoms with Crippen LogP contribution in [0.5, 0.6) is 0 Å². The molecule has 0 aliphatic rings. The molecule has 0 bridgehead atoms. The molecule has 0 saturated carbocycles. The number of quaternary nitrogens is 4. The maximum absolute atomic E-state index is 13.8. The fraction of sp³-hybridized carbons (Fsp3) is 0.545. The highest BCUT2D eigenvalue weighted by atomic mass is 16.2. The SMILES string of the molecule is [NH3+]CCCC[C@H]([NH3+])C(=O)NCCCN(CCCNC(=O)[C@@H]([NH3+])CCCC[NH3+])C(=O)CC(c1ccccc1)c1ccccc1. The summed E-state index contributed by atoms with van der Waals surface area (Å²) in [7, 11) is 0. The Labute approximate surface area is 257 Å². The van der Waals surface area contributed by atoms with Crippen LogP contribution in [0.25, 0.3) is 0 Å². The van der Waals surface area contributed by atoms with Gasteiger partial charge in [-0.3, -0.25) is 14.4 Å². The van der Waals surface area contributed by atoms with Crippen LogP contribution in [-0.2, 0) is 14.4 Å². The summed E-state index contributed by atoms with van der Waals surface area (Å²) in [4.78, 5) is 40.6. The van der Waals surface area contributed by atoms with E-state index in [0.717, 1.165) is 62.7 Å². The number of amides is 3. The molecule has 238 valence electrons. The van der Waals surface area contributed by atoms with Gasteiger partial charge in [-0.2, -0.15) is 0 Å². The zero-order chi connectivity index (χ0) is 31.3. The summed E-state index contributed by atoms with van der Waals surface area (Å²) in [5, 5.41) is 5.98. The molecule has 43 heavy (non-hydrogen) atoms. The van der Waals surface area contributed by atoms with E-state index >= 15 is 0 Å². The van der Waals surface area contributed by atoms with Crippen molar-refractivity contribution in [2.24, 2.45) is 0 Å². The van der Waals surface area contributed by atoms with Crippen LogP contribution in [0.2, 0.25) is 0 Å². The third-order valence-electron chi connectivity index (χ3n) is 7.79. The van der Waals surface area contributed by atoms with Crippen molar-refractivity contribution in [2.75, 3.05) is 39.3 Å². The molecule has 0 unspecified atom stereocenters. The molecule has 0 saturated heterocycles. The minimum Gasteiger partial charge on any atom is -0.358 e. The highest BCUT2D eigenvalue weighted by Gasteiger charge is 2.23. The maximum Gasteiger partial charge on any atom is 0.278 e. The van der Waals surface area contributed by atoms with Crippen LogP contribution in [0.3, 0.4) is 0 Å². The molecule has 2 atom stereocenters. The summed E-state index contributed by atoms with van der Waals surface area (Å²) in [6, 6.07) is 19.7. The Kier molecular flexibility index (Phi) is 17.9. The van der Waals surface area contributed by atoms with E-state index in [1.165, 1.54) is 0 Å². The summed E-state index contributed by atoms with van der Waals surface area (Å²) in [6.45, 7) is 3.75. The van der Waals surface area contributed by atoms with E-state index in [2.05, 4.69) is 57.8 Å². The summed E-state index contributed by atoms with van der Waals surface area (Å²) in [6.07, 6.45) is 7.01. The van der Waals surface area contributed by atoms with Crippen LogP contribution in [-0.4, -0.2) is 74.0 Å². The molecular weight excluding hydrogens is 542 g/mol.